The van der Waals surface area contributed by atoms with Gasteiger partial charge in [0.1, 0.15) is 11.1 Å². The van der Waals surface area contributed by atoms with Crippen molar-refractivity contribution < 1.29 is 14.0 Å². The van der Waals surface area contributed by atoms with Gasteiger partial charge in [-0.2, -0.15) is 0 Å². The number of amides is 2. The van der Waals surface area contributed by atoms with Crippen molar-refractivity contribution in [1.82, 2.24) is 10.4 Å². The number of nitrogens with zero attached hydrogens (tertiary/aromatic N) is 2. The lowest BCUT2D eigenvalue weighted by atomic mass is 10.0. The van der Waals surface area contributed by atoms with Crippen molar-refractivity contribution >= 4 is 33.6 Å². The molecule has 0 saturated heterocycles. The van der Waals surface area contributed by atoms with Crippen LogP contribution in [0.2, 0.25) is 0 Å². The van der Waals surface area contributed by atoms with Crippen LogP contribution >= 0.6 is 0 Å². The van der Waals surface area contributed by atoms with Crippen LogP contribution in [0, 0.1) is 0 Å². The number of pyridine rings is 1. The zero-order valence-corrected chi connectivity index (χ0v) is 14.0. The first kappa shape index (κ1) is 16.5. The molecule has 0 saturated carbocycles. The van der Waals surface area contributed by atoms with Gasteiger partial charge in [0, 0.05) is 23.3 Å². The van der Waals surface area contributed by atoms with E-state index >= 15 is 0 Å². The van der Waals surface area contributed by atoms with Crippen molar-refractivity contribution in [1.29, 1.82) is 0 Å². The second-order valence-corrected chi connectivity index (χ2v) is 5.82. The Morgan fingerprint density at radius 1 is 1.00 bits per heavy atom. The summed E-state index contributed by atoms with van der Waals surface area (Å²) in [5, 5.41) is 6.61. The first-order chi connectivity index (χ1) is 13.1. The molecule has 132 valence electrons. The van der Waals surface area contributed by atoms with E-state index in [4.69, 9.17) is 10.2 Å². The second-order valence-electron chi connectivity index (χ2n) is 5.82. The molecule has 0 unspecified atom stereocenters. The molecule has 2 heterocycles. The van der Waals surface area contributed by atoms with Gasteiger partial charge in [-0.05, 0) is 35.0 Å². The van der Waals surface area contributed by atoms with Gasteiger partial charge < -0.3 is 10.2 Å². The highest BCUT2D eigenvalue weighted by Gasteiger charge is 2.12. The Morgan fingerprint density at radius 2 is 1.78 bits per heavy atom. The van der Waals surface area contributed by atoms with Crippen molar-refractivity contribution in [3.05, 3.63) is 83.7 Å². The van der Waals surface area contributed by atoms with Crippen molar-refractivity contribution in [3.63, 3.8) is 0 Å². The topological polar surface area (TPSA) is 111 Å². The maximum absolute atomic E-state index is 12.1. The Hall–Kier alpha value is -4.00. The molecule has 27 heavy (non-hydrogen) atoms. The number of rotatable bonds is 3. The van der Waals surface area contributed by atoms with Crippen molar-refractivity contribution in [2.45, 2.75) is 0 Å². The number of benzene rings is 2. The van der Waals surface area contributed by atoms with E-state index in [0.717, 1.165) is 16.2 Å². The number of primary amides is 1. The van der Waals surface area contributed by atoms with Crippen LogP contribution in [-0.2, 0) is 0 Å². The maximum atomic E-state index is 12.1. The van der Waals surface area contributed by atoms with Crippen LogP contribution in [0.25, 0.3) is 21.7 Å². The molecule has 4 aromatic rings. The molecule has 2 amide bonds. The highest BCUT2D eigenvalue weighted by Crippen LogP contribution is 2.24. The molecule has 0 aliphatic rings. The molecule has 0 atom stereocenters. The van der Waals surface area contributed by atoms with Gasteiger partial charge in [-0.15, -0.1) is 5.10 Å². The fourth-order valence-corrected chi connectivity index (χ4v) is 2.81. The minimum atomic E-state index is -0.703. The lowest BCUT2D eigenvalue weighted by molar-refractivity contribution is 0.0946. The maximum Gasteiger partial charge on any atom is 0.271 e. The standard InChI is InChI=1S/C20H14N4O3/c21-18(25)16-11-15-14-4-2-1-3-12(14)5-6-17(15)27-20(16)24-23-19(26)13-7-9-22-10-8-13/h1-11H,(H2,21,25)(H,23,26)/b24-20-. The summed E-state index contributed by atoms with van der Waals surface area (Å²) in [5.41, 5.74) is 8.77. The summed E-state index contributed by atoms with van der Waals surface area (Å²) in [4.78, 5) is 27.9. The van der Waals surface area contributed by atoms with Gasteiger partial charge in [0.2, 0.25) is 5.55 Å². The second kappa shape index (κ2) is 6.72. The third-order valence-corrected chi connectivity index (χ3v) is 4.12. The van der Waals surface area contributed by atoms with E-state index in [-0.39, 0.29) is 11.1 Å². The first-order valence-electron chi connectivity index (χ1n) is 8.13. The highest BCUT2D eigenvalue weighted by molar-refractivity contribution is 6.07. The van der Waals surface area contributed by atoms with E-state index in [1.165, 1.54) is 12.4 Å². The van der Waals surface area contributed by atoms with Crippen LogP contribution in [0.5, 0.6) is 0 Å². The number of nitrogens with two attached hydrogens (primary N) is 1. The molecule has 2 aromatic heterocycles. The Morgan fingerprint density at radius 3 is 2.56 bits per heavy atom. The Balaban J connectivity index is 1.84. The molecule has 0 aliphatic heterocycles. The number of fused-ring (bicyclic) bond motifs is 3. The minimum absolute atomic E-state index is 0.0623. The van der Waals surface area contributed by atoms with Gasteiger partial charge in [-0.25, -0.2) is 5.43 Å². The summed E-state index contributed by atoms with van der Waals surface area (Å²) < 4.78 is 5.75. The van der Waals surface area contributed by atoms with Gasteiger partial charge in [-0.1, -0.05) is 30.3 Å². The molecular formula is C20H14N4O3. The summed E-state index contributed by atoms with van der Waals surface area (Å²) in [6, 6.07) is 16.1. The third kappa shape index (κ3) is 3.13. The highest BCUT2D eigenvalue weighted by atomic mass is 16.3. The fourth-order valence-electron chi connectivity index (χ4n) is 2.81. The van der Waals surface area contributed by atoms with Crippen molar-refractivity contribution in [2.24, 2.45) is 10.8 Å². The zero-order valence-electron chi connectivity index (χ0n) is 14.0. The predicted octanol–water partition coefficient (Wildman–Crippen LogP) is 2.33. The average Bonchev–Trinajstić information content (AvgIpc) is 2.71. The molecule has 0 aliphatic carbocycles. The number of hydrogen-bond acceptors (Lipinski definition) is 5. The first-order valence-corrected chi connectivity index (χ1v) is 8.13. The summed E-state index contributed by atoms with van der Waals surface area (Å²) in [5.74, 6) is -1.16. The Bertz CT molecular complexity index is 1250. The summed E-state index contributed by atoms with van der Waals surface area (Å²) in [6.45, 7) is 0. The largest absolute Gasteiger partial charge is 0.436 e. The number of carbonyl (C=O) groups is 2. The molecule has 0 bridgehead atoms. The Kier molecular flexibility index (Phi) is 4.10. The average molecular weight is 358 g/mol. The molecular weight excluding hydrogens is 344 g/mol. The van der Waals surface area contributed by atoms with E-state index in [1.807, 2.05) is 30.3 Å². The Labute approximate surface area is 153 Å². The molecule has 4 rings (SSSR count). The van der Waals surface area contributed by atoms with Crippen LogP contribution < -0.4 is 16.7 Å². The normalized spacial score (nSPS) is 11.6. The summed E-state index contributed by atoms with van der Waals surface area (Å²) in [6.07, 6.45) is 2.99. The van der Waals surface area contributed by atoms with Crippen LogP contribution in [0.4, 0.5) is 0 Å². The molecule has 7 nitrogen and oxygen atoms in total. The molecule has 0 fully saturated rings. The van der Waals surface area contributed by atoms with Gasteiger partial charge >= 0.3 is 0 Å². The van der Waals surface area contributed by atoms with Crippen LogP contribution in [0.1, 0.15) is 20.7 Å². The predicted molar refractivity (Wildman–Crippen MR) is 99.5 cm³/mol. The van der Waals surface area contributed by atoms with Gasteiger partial charge in [0.25, 0.3) is 11.8 Å². The van der Waals surface area contributed by atoms with E-state index in [9.17, 15) is 9.59 Å². The molecule has 0 spiro atoms. The van der Waals surface area contributed by atoms with Crippen molar-refractivity contribution in [2.75, 3.05) is 0 Å². The zero-order chi connectivity index (χ0) is 18.8. The van der Waals surface area contributed by atoms with Crippen LogP contribution in [0.15, 0.2) is 76.5 Å². The summed E-state index contributed by atoms with van der Waals surface area (Å²) >= 11 is 0. The van der Waals surface area contributed by atoms with E-state index in [1.54, 1.807) is 24.3 Å². The number of hydrogen-bond donors (Lipinski definition) is 2. The van der Waals surface area contributed by atoms with Crippen LogP contribution in [-0.4, -0.2) is 16.8 Å². The smallest absolute Gasteiger partial charge is 0.271 e. The fraction of sp³-hybridized carbons (Fsp3) is 0. The van der Waals surface area contributed by atoms with E-state index < -0.39 is 11.8 Å². The molecule has 0 radical (unpaired) electrons. The number of nitrogens with one attached hydrogen (secondary N) is 1. The van der Waals surface area contributed by atoms with E-state index in [2.05, 4.69) is 15.5 Å². The molecule has 7 heteroatoms. The molecule has 3 N–H and O–H groups in total. The number of aromatic nitrogens is 1. The lowest BCUT2D eigenvalue weighted by Gasteiger charge is -2.06. The van der Waals surface area contributed by atoms with Gasteiger partial charge in [0.15, 0.2) is 0 Å². The third-order valence-electron chi connectivity index (χ3n) is 4.12. The van der Waals surface area contributed by atoms with Gasteiger partial charge in [-0.3, -0.25) is 14.6 Å². The van der Waals surface area contributed by atoms with Crippen molar-refractivity contribution in [3.8, 4) is 0 Å². The molecule has 2 aromatic carbocycles. The lowest BCUT2D eigenvalue weighted by Crippen LogP contribution is -2.27. The number of carbonyl (C=O) groups excluding carboxylic acids is 2. The minimum Gasteiger partial charge on any atom is -0.436 e. The monoisotopic (exact) mass is 358 g/mol. The van der Waals surface area contributed by atoms with Gasteiger partial charge in [0.05, 0.1) is 0 Å². The quantitative estimate of drug-likeness (QED) is 0.432. The summed E-state index contributed by atoms with van der Waals surface area (Å²) in [7, 11) is 0. The SMILES string of the molecule is NC(=O)c1cc2c(ccc3ccccc32)o/c1=N\NC(=O)c1ccncc1. The van der Waals surface area contributed by atoms with Crippen LogP contribution in [0.3, 0.4) is 0 Å². The van der Waals surface area contributed by atoms with E-state index in [0.29, 0.717) is 11.1 Å².